The average molecular weight is 569 g/mol. The molecule has 0 saturated heterocycles. The zero-order chi connectivity index (χ0) is 28.2. The van der Waals surface area contributed by atoms with Crippen LogP contribution in [-0.2, 0) is 26.1 Å². The van der Waals surface area contributed by atoms with Crippen molar-refractivity contribution in [1.29, 1.82) is 0 Å². The number of fused-ring (bicyclic) bond motifs is 1. The van der Waals surface area contributed by atoms with E-state index in [0.717, 1.165) is 11.3 Å². The second-order valence-electron chi connectivity index (χ2n) is 8.13. The van der Waals surface area contributed by atoms with Gasteiger partial charge in [-0.2, -0.15) is 4.99 Å². The SMILES string of the molecule is CCOC(=O)Cn1c(=NC(=O)c2ccc(S(=O)(=O)N(CC)c3ccccc3)cc2)sc2cc([N+](=O)[O-])ccc21. The monoisotopic (exact) mass is 568 g/mol. The third-order valence-electron chi connectivity index (χ3n) is 5.69. The van der Waals surface area contributed by atoms with Gasteiger partial charge in [0, 0.05) is 24.2 Å². The molecule has 0 aliphatic heterocycles. The van der Waals surface area contributed by atoms with Gasteiger partial charge in [0.1, 0.15) is 6.54 Å². The number of carbonyl (C=O) groups excluding carboxylic acids is 2. The molecule has 0 saturated carbocycles. The van der Waals surface area contributed by atoms with Crippen molar-refractivity contribution in [2.45, 2.75) is 25.3 Å². The predicted octanol–water partition coefficient (Wildman–Crippen LogP) is 4.13. The second kappa shape index (κ2) is 11.6. The van der Waals surface area contributed by atoms with Crippen LogP contribution in [0.3, 0.4) is 0 Å². The van der Waals surface area contributed by atoms with Crippen LogP contribution in [0.1, 0.15) is 24.2 Å². The Hall–Kier alpha value is -4.36. The highest BCUT2D eigenvalue weighted by molar-refractivity contribution is 7.92. The quantitative estimate of drug-likeness (QED) is 0.168. The van der Waals surface area contributed by atoms with Crippen molar-refractivity contribution in [1.82, 2.24) is 4.57 Å². The van der Waals surface area contributed by atoms with E-state index in [1.807, 2.05) is 0 Å². The van der Waals surface area contributed by atoms with Gasteiger partial charge in [-0.1, -0.05) is 29.5 Å². The molecule has 1 amide bonds. The van der Waals surface area contributed by atoms with Gasteiger partial charge in [0.25, 0.3) is 21.6 Å². The van der Waals surface area contributed by atoms with Gasteiger partial charge in [0.15, 0.2) is 4.80 Å². The Kier molecular flexibility index (Phi) is 8.21. The van der Waals surface area contributed by atoms with Crippen LogP contribution in [0.2, 0.25) is 0 Å². The molecule has 0 N–H and O–H groups in total. The molecule has 0 radical (unpaired) electrons. The lowest BCUT2D eigenvalue weighted by Crippen LogP contribution is -2.30. The third-order valence-corrected chi connectivity index (χ3v) is 8.65. The van der Waals surface area contributed by atoms with E-state index >= 15 is 0 Å². The van der Waals surface area contributed by atoms with E-state index in [1.165, 1.54) is 51.3 Å². The number of aromatic nitrogens is 1. The number of rotatable bonds is 9. The summed E-state index contributed by atoms with van der Waals surface area (Å²) in [5.41, 5.74) is 0.986. The number of hydrogen-bond acceptors (Lipinski definition) is 8. The standard InChI is InChI=1S/C26H24N4O7S2/c1-3-29(19-8-6-5-7-9-19)39(35,36)21-13-10-18(11-14-21)25(32)27-26-28(17-24(31)37-4-2)22-15-12-20(30(33)34)16-23(22)38-26/h5-16H,3-4,17H2,1-2H3. The molecule has 0 aliphatic rings. The number of thiazole rings is 1. The number of hydrogen-bond donors (Lipinski definition) is 0. The van der Waals surface area contributed by atoms with E-state index in [1.54, 1.807) is 44.2 Å². The number of benzene rings is 3. The predicted molar refractivity (Wildman–Crippen MR) is 146 cm³/mol. The maximum Gasteiger partial charge on any atom is 0.326 e. The highest BCUT2D eigenvalue weighted by Gasteiger charge is 2.24. The van der Waals surface area contributed by atoms with Gasteiger partial charge in [0.2, 0.25) is 0 Å². The van der Waals surface area contributed by atoms with Crippen molar-refractivity contribution in [3.8, 4) is 0 Å². The smallest absolute Gasteiger partial charge is 0.326 e. The number of esters is 1. The number of sulfonamides is 1. The summed E-state index contributed by atoms with van der Waals surface area (Å²) in [5.74, 6) is -1.23. The first-order valence-corrected chi connectivity index (χ1v) is 14.1. The Bertz CT molecular complexity index is 1710. The molecule has 11 nitrogen and oxygen atoms in total. The Labute approximate surface area is 227 Å². The van der Waals surface area contributed by atoms with Gasteiger partial charge in [-0.3, -0.25) is 24.0 Å². The summed E-state index contributed by atoms with van der Waals surface area (Å²) in [6.07, 6.45) is 0. The normalized spacial score (nSPS) is 11.9. The lowest BCUT2D eigenvalue weighted by atomic mass is 10.2. The van der Waals surface area contributed by atoms with E-state index in [4.69, 9.17) is 4.74 Å². The van der Waals surface area contributed by atoms with Crippen molar-refractivity contribution >= 4 is 54.8 Å². The fourth-order valence-electron chi connectivity index (χ4n) is 3.88. The van der Waals surface area contributed by atoms with Crippen LogP contribution in [0.5, 0.6) is 0 Å². The van der Waals surface area contributed by atoms with E-state index in [0.29, 0.717) is 15.9 Å². The zero-order valence-electron chi connectivity index (χ0n) is 21.0. The van der Waals surface area contributed by atoms with E-state index in [-0.39, 0.29) is 40.6 Å². The number of para-hydroxylation sites is 1. The lowest BCUT2D eigenvalue weighted by molar-refractivity contribution is -0.384. The molecule has 1 heterocycles. The molecule has 0 spiro atoms. The summed E-state index contributed by atoms with van der Waals surface area (Å²) < 4.78 is 34.7. The molecule has 1 aromatic heterocycles. The molecule has 4 rings (SSSR count). The summed E-state index contributed by atoms with van der Waals surface area (Å²) in [7, 11) is -3.88. The molecule has 0 fully saturated rings. The summed E-state index contributed by atoms with van der Waals surface area (Å²) in [4.78, 5) is 40.2. The average Bonchev–Trinajstić information content (AvgIpc) is 3.25. The minimum absolute atomic E-state index is 0.0105. The number of nitro groups is 1. The molecule has 39 heavy (non-hydrogen) atoms. The van der Waals surface area contributed by atoms with Gasteiger partial charge in [-0.05, 0) is 56.3 Å². The van der Waals surface area contributed by atoms with Crippen molar-refractivity contribution in [3.05, 3.63) is 93.3 Å². The first-order chi connectivity index (χ1) is 18.6. The molecule has 202 valence electrons. The summed E-state index contributed by atoms with van der Waals surface area (Å²) in [6, 6.07) is 18.2. The number of nitrogens with zero attached hydrogens (tertiary/aromatic N) is 4. The van der Waals surface area contributed by atoms with Gasteiger partial charge in [0.05, 0.1) is 32.3 Å². The van der Waals surface area contributed by atoms with Crippen LogP contribution in [0.15, 0.2) is 82.7 Å². The minimum Gasteiger partial charge on any atom is -0.465 e. The van der Waals surface area contributed by atoms with Crippen LogP contribution in [0, 0.1) is 10.1 Å². The number of ether oxygens (including phenoxy) is 1. The number of non-ortho nitro benzene ring substituents is 1. The van der Waals surface area contributed by atoms with Crippen LogP contribution in [0.4, 0.5) is 11.4 Å². The Balaban J connectivity index is 1.70. The molecule has 0 aliphatic carbocycles. The van der Waals surface area contributed by atoms with Crippen molar-refractivity contribution < 1.29 is 27.7 Å². The summed E-state index contributed by atoms with van der Waals surface area (Å²) in [5, 5.41) is 11.2. The van der Waals surface area contributed by atoms with E-state index < -0.39 is 26.8 Å². The Morgan fingerprint density at radius 3 is 2.36 bits per heavy atom. The molecular formula is C26H24N4O7S2. The number of nitro benzene ring substituents is 1. The lowest BCUT2D eigenvalue weighted by Gasteiger charge is -2.22. The van der Waals surface area contributed by atoms with Crippen molar-refractivity contribution in [3.63, 3.8) is 0 Å². The highest BCUT2D eigenvalue weighted by atomic mass is 32.2. The topological polar surface area (TPSA) is 141 Å². The number of carbonyl (C=O) groups is 2. The second-order valence-corrected chi connectivity index (χ2v) is 11.0. The van der Waals surface area contributed by atoms with Crippen LogP contribution < -0.4 is 9.11 Å². The van der Waals surface area contributed by atoms with Gasteiger partial charge in [-0.15, -0.1) is 0 Å². The first kappa shape index (κ1) is 27.7. The third kappa shape index (κ3) is 5.89. The zero-order valence-corrected chi connectivity index (χ0v) is 22.6. The molecule has 0 atom stereocenters. The Morgan fingerprint density at radius 2 is 1.74 bits per heavy atom. The maximum absolute atomic E-state index is 13.2. The summed E-state index contributed by atoms with van der Waals surface area (Å²) in [6.45, 7) is 3.52. The molecular weight excluding hydrogens is 544 g/mol. The number of amides is 1. The molecule has 13 heteroatoms. The largest absolute Gasteiger partial charge is 0.465 e. The van der Waals surface area contributed by atoms with E-state index in [2.05, 4.69) is 4.99 Å². The minimum atomic E-state index is -3.88. The molecule has 0 unspecified atom stereocenters. The Morgan fingerprint density at radius 1 is 1.05 bits per heavy atom. The van der Waals surface area contributed by atoms with Crippen LogP contribution >= 0.6 is 11.3 Å². The van der Waals surface area contributed by atoms with Crippen LogP contribution in [0.25, 0.3) is 10.2 Å². The van der Waals surface area contributed by atoms with Gasteiger partial charge >= 0.3 is 5.97 Å². The van der Waals surface area contributed by atoms with Gasteiger partial charge in [-0.25, -0.2) is 8.42 Å². The van der Waals surface area contributed by atoms with E-state index in [9.17, 15) is 28.1 Å². The fraction of sp³-hybridized carbons (Fsp3) is 0.192. The first-order valence-electron chi connectivity index (χ1n) is 11.9. The molecule has 0 bridgehead atoms. The molecule has 4 aromatic rings. The number of anilines is 1. The highest BCUT2D eigenvalue weighted by Crippen LogP contribution is 2.25. The molecule has 3 aromatic carbocycles. The van der Waals surface area contributed by atoms with Crippen molar-refractivity contribution in [2.24, 2.45) is 4.99 Å². The van der Waals surface area contributed by atoms with Crippen LogP contribution in [-0.4, -0.2) is 42.9 Å². The van der Waals surface area contributed by atoms with Crippen molar-refractivity contribution in [2.75, 3.05) is 17.5 Å². The van der Waals surface area contributed by atoms with Gasteiger partial charge < -0.3 is 9.30 Å². The maximum atomic E-state index is 13.2. The summed E-state index contributed by atoms with van der Waals surface area (Å²) >= 11 is 1.01. The fourth-order valence-corrected chi connectivity index (χ4v) is 6.42.